The van der Waals surface area contributed by atoms with E-state index in [1.54, 1.807) is 24.8 Å². The molecule has 1 heterocycles. The molecule has 216 valence electrons. The van der Waals surface area contributed by atoms with Crippen LogP contribution in [0.2, 0.25) is 0 Å². The number of nitrogens with zero attached hydrogens (tertiary/aromatic N) is 3. The molecule has 0 spiro atoms. The van der Waals surface area contributed by atoms with Crippen LogP contribution < -0.4 is 0 Å². The van der Waals surface area contributed by atoms with Crippen LogP contribution in [0.5, 0.6) is 0 Å². The first-order valence-corrected chi connectivity index (χ1v) is 16.8. The second-order valence-electron chi connectivity index (χ2n) is 14.6. The highest BCUT2D eigenvalue weighted by atomic mass is 15.0. The molecule has 0 aliphatic heterocycles. The number of rotatable bonds is 5. The summed E-state index contributed by atoms with van der Waals surface area (Å²) in [6, 6.07) is 38.8. The second kappa shape index (κ2) is 9.44. The summed E-state index contributed by atoms with van der Waals surface area (Å²) < 4.78 is 0. The lowest BCUT2D eigenvalue weighted by atomic mass is 9.32. The Kier molecular flexibility index (Phi) is 5.42. The van der Waals surface area contributed by atoms with Crippen molar-refractivity contribution in [3.8, 4) is 45.3 Å². The molecule has 44 heavy (non-hydrogen) atoms. The quantitative estimate of drug-likeness (QED) is 0.211. The SMILES string of the molecule is c1ccc(-c2nc(-c3ccccc3)nc(-c3ccc(-c4ccc(C56CC7C8CC9CC7C(C5)C(C9)C8C6)cc4)cc3)n2)cc1. The van der Waals surface area contributed by atoms with E-state index in [1.807, 2.05) is 36.4 Å². The third-order valence-corrected chi connectivity index (χ3v) is 12.7. The van der Waals surface area contributed by atoms with Crippen LogP contribution in [-0.4, -0.2) is 15.0 Å². The molecule has 4 aromatic carbocycles. The highest BCUT2D eigenvalue weighted by Crippen LogP contribution is 2.74. The number of benzene rings is 4. The molecular formula is C41H37N3. The fourth-order valence-corrected chi connectivity index (χ4v) is 11.0. The molecule has 5 aromatic rings. The van der Waals surface area contributed by atoms with Crippen molar-refractivity contribution in [1.82, 2.24) is 15.0 Å². The molecular weight excluding hydrogens is 534 g/mol. The van der Waals surface area contributed by atoms with Gasteiger partial charge in [0, 0.05) is 16.7 Å². The maximum absolute atomic E-state index is 4.91. The van der Waals surface area contributed by atoms with Gasteiger partial charge in [0.15, 0.2) is 17.5 Å². The zero-order valence-electron chi connectivity index (χ0n) is 25.0. The van der Waals surface area contributed by atoms with Gasteiger partial charge in [-0.1, -0.05) is 109 Å². The lowest BCUT2D eigenvalue weighted by Gasteiger charge is -2.72. The summed E-state index contributed by atoms with van der Waals surface area (Å²) in [6.07, 6.45) is 9.07. The molecule has 0 saturated heterocycles. The molecule has 7 aliphatic rings. The van der Waals surface area contributed by atoms with Crippen molar-refractivity contribution in [2.75, 3.05) is 0 Å². The smallest absolute Gasteiger partial charge is 0.164 e. The maximum Gasteiger partial charge on any atom is 0.164 e. The van der Waals surface area contributed by atoms with Gasteiger partial charge >= 0.3 is 0 Å². The van der Waals surface area contributed by atoms with Gasteiger partial charge in [0.25, 0.3) is 0 Å². The number of hydrogen-bond acceptors (Lipinski definition) is 3. The van der Waals surface area contributed by atoms with Gasteiger partial charge in [-0.3, -0.25) is 0 Å². The molecule has 1 aromatic heterocycles. The predicted molar refractivity (Wildman–Crippen MR) is 175 cm³/mol. The van der Waals surface area contributed by atoms with E-state index in [0.29, 0.717) is 22.9 Å². The zero-order chi connectivity index (χ0) is 28.8. The second-order valence-corrected chi connectivity index (χ2v) is 14.6. The first-order chi connectivity index (χ1) is 21.7. The van der Waals surface area contributed by atoms with Gasteiger partial charge in [-0.05, 0) is 102 Å². The number of hydrogen-bond donors (Lipinski definition) is 0. The molecule has 0 amide bonds. The van der Waals surface area contributed by atoms with Gasteiger partial charge < -0.3 is 0 Å². The molecule has 12 rings (SSSR count). The maximum atomic E-state index is 4.91. The fraction of sp³-hybridized carbons (Fsp3) is 0.341. The first-order valence-electron chi connectivity index (χ1n) is 16.8. The van der Waals surface area contributed by atoms with E-state index >= 15 is 0 Å². The van der Waals surface area contributed by atoms with Crippen LogP contribution in [0.25, 0.3) is 45.3 Å². The molecule has 0 N–H and O–H groups in total. The van der Waals surface area contributed by atoms with Crippen LogP contribution in [0.1, 0.15) is 44.1 Å². The van der Waals surface area contributed by atoms with Crippen LogP contribution in [0.4, 0.5) is 0 Å². The van der Waals surface area contributed by atoms with Gasteiger partial charge in [0.1, 0.15) is 0 Å². The monoisotopic (exact) mass is 571 g/mol. The van der Waals surface area contributed by atoms with E-state index in [1.165, 1.54) is 30.4 Å². The minimum Gasteiger partial charge on any atom is -0.208 e. The Bertz CT molecular complexity index is 1730. The highest BCUT2D eigenvalue weighted by Gasteiger charge is 2.67. The van der Waals surface area contributed by atoms with E-state index in [0.717, 1.165) is 58.1 Å². The van der Waals surface area contributed by atoms with Gasteiger partial charge in [-0.25, -0.2) is 15.0 Å². The molecule has 3 heteroatoms. The largest absolute Gasteiger partial charge is 0.208 e. The summed E-state index contributed by atoms with van der Waals surface area (Å²) >= 11 is 0. The Balaban J connectivity index is 0.945. The zero-order valence-corrected chi connectivity index (χ0v) is 25.0. The van der Waals surface area contributed by atoms with Gasteiger partial charge in [0.05, 0.1) is 0 Å². The van der Waals surface area contributed by atoms with Crippen LogP contribution in [0, 0.1) is 41.4 Å². The topological polar surface area (TPSA) is 38.7 Å². The Morgan fingerprint density at radius 2 is 0.750 bits per heavy atom. The Hall–Kier alpha value is -4.11. The third kappa shape index (κ3) is 3.77. The number of aromatic nitrogens is 3. The summed E-state index contributed by atoms with van der Waals surface area (Å²) in [5.74, 6) is 9.43. The molecule has 7 fully saturated rings. The lowest BCUT2D eigenvalue weighted by Crippen LogP contribution is -2.66. The van der Waals surface area contributed by atoms with E-state index in [-0.39, 0.29) is 0 Å². The van der Waals surface area contributed by atoms with E-state index in [4.69, 9.17) is 15.0 Å². The molecule has 8 bridgehead atoms. The van der Waals surface area contributed by atoms with Crippen molar-refractivity contribution >= 4 is 0 Å². The molecule has 7 saturated carbocycles. The molecule has 0 radical (unpaired) electrons. The highest BCUT2D eigenvalue weighted by molar-refractivity contribution is 5.70. The lowest BCUT2D eigenvalue weighted by molar-refractivity contribution is -0.212. The van der Waals surface area contributed by atoms with Gasteiger partial charge in [-0.2, -0.15) is 0 Å². The summed E-state index contributed by atoms with van der Waals surface area (Å²) in [6.45, 7) is 0. The van der Waals surface area contributed by atoms with Crippen LogP contribution >= 0.6 is 0 Å². The average molecular weight is 572 g/mol. The predicted octanol–water partition coefficient (Wildman–Crippen LogP) is 9.50. The van der Waals surface area contributed by atoms with Gasteiger partial charge in [0.2, 0.25) is 0 Å². The van der Waals surface area contributed by atoms with E-state index < -0.39 is 0 Å². The van der Waals surface area contributed by atoms with Crippen LogP contribution in [-0.2, 0) is 5.41 Å². The molecule has 0 atom stereocenters. The van der Waals surface area contributed by atoms with Crippen molar-refractivity contribution in [2.45, 2.75) is 43.9 Å². The van der Waals surface area contributed by atoms with E-state index in [2.05, 4.69) is 72.8 Å². The van der Waals surface area contributed by atoms with Crippen molar-refractivity contribution in [1.29, 1.82) is 0 Å². The Labute approximate surface area is 259 Å². The van der Waals surface area contributed by atoms with Gasteiger partial charge in [-0.15, -0.1) is 0 Å². The normalized spacial score (nSPS) is 32.3. The first kappa shape index (κ1) is 25.2. The molecule has 3 nitrogen and oxygen atoms in total. The molecule has 7 aliphatic carbocycles. The van der Waals surface area contributed by atoms with Crippen molar-refractivity contribution in [2.24, 2.45) is 41.4 Å². The van der Waals surface area contributed by atoms with Crippen molar-refractivity contribution in [3.05, 3.63) is 115 Å². The van der Waals surface area contributed by atoms with Crippen molar-refractivity contribution in [3.63, 3.8) is 0 Å². The standard InChI is InChI=1S/C41H37N3/c1-3-7-28(8-4-1)38-42-39(29-9-5-2-6-10-29)44-40(43-38)30-13-11-26(12-14-30)27-15-17-31(18-16-27)41-22-35-32-19-25-20-33(35)37(24-41)34(21-25)36(32)23-41/h1-18,25,32-37H,19-24H2. The molecule has 0 unspecified atom stereocenters. The summed E-state index contributed by atoms with van der Waals surface area (Å²) in [4.78, 5) is 14.7. The van der Waals surface area contributed by atoms with E-state index in [9.17, 15) is 0 Å². The average Bonchev–Trinajstić information content (AvgIpc) is 3.11. The van der Waals surface area contributed by atoms with Crippen molar-refractivity contribution < 1.29 is 0 Å². The Morgan fingerprint density at radius 3 is 1.18 bits per heavy atom. The Morgan fingerprint density at radius 1 is 0.386 bits per heavy atom. The third-order valence-electron chi connectivity index (χ3n) is 12.7. The fourth-order valence-electron chi connectivity index (χ4n) is 11.0. The minimum atomic E-state index is 0.446. The van der Waals surface area contributed by atoms with Crippen LogP contribution in [0.3, 0.4) is 0 Å². The summed E-state index contributed by atoms with van der Waals surface area (Å²) in [7, 11) is 0. The summed E-state index contributed by atoms with van der Waals surface area (Å²) in [5.41, 5.74) is 7.57. The summed E-state index contributed by atoms with van der Waals surface area (Å²) in [5, 5.41) is 0. The van der Waals surface area contributed by atoms with Crippen LogP contribution in [0.15, 0.2) is 109 Å². The minimum absolute atomic E-state index is 0.446.